The third-order valence-corrected chi connectivity index (χ3v) is 4.44. The van der Waals surface area contributed by atoms with Gasteiger partial charge in [0.2, 0.25) is 0 Å². The largest absolute Gasteiger partial charge is 0.302 e. The zero-order valence-corrected chi connectivity index (χ0v) is 10.9. The molecule has 0 aromatic heterocycles. The van der Waals surface area contributed by atoms with E-state index in [9.17, 15) is 0 Å². The molecule has 1 N–H and O–H groups in total. The molecule has 0 aliphatic carbocycles. The number of piperidine rings is 3. The predicted molar refractivity (Wildman–Crippen MR) is 75.5 cm³/mol. The van der Waals surface area contributed by atoms with Gasteiger partial charge in [0.25, 0.3) is 0 Å². The lowest BCUT2D eigenvalue weighted by atomic mass is 9.83. The van der Waals surface area contributed by atoms with Crippen molar-refractivity contribution in [3.05, 3.63) is 48.6 Å². The summed E-state index contributed by atoms with van der Waals surface area (Å²) in [6.45, 7) is 7.80. The van der Waals surface area contributed by atoms with Crippen LogP contribution in [-0.2, 0) is 0 Å². The Labute approximate surface area is 110 Å². The van der Waals surface area contributed by atoms with Crippen LogP contribution in [-0.4, -0.2) is 30.6 Å². The van der Waals surface area contributed by atoms with Crippen LogP contribution in [0.3, 0.4) is 0 Å². The zero-order chi connectivity index (χ0) is 12.4. The topological polar surface area (TPSA) is 15.3 Å². The SMILES string of the molecule is C=C[C@@H](N[C@@H]1CN2CCC1CC2)c1ccccc1. The van der Waals surface area contributed by atoms with Gasteiger partial charge in [-0.05, 0) is 37.4 Å². The number of benzene rings is 1. The number of fused-ring (bicyclic) bond motifs is 3. The molecule has 3 aliphatic heterocycles. The molecule has 0 saturated carbocycles. The average molecular weight is 242 g/mol. The van der Waals surface area contributed by atoms with E-state index in [1.807, 2.05) is 6.08 Å². The Morgan fingerprint density at radius 3 is 2.50 bits per heavy atom. The Balaban J connectivity index is 1.69. The zero-order valence-electron chi connectivity index (χ0n) is 10.9. The highest BCUT2D eigenvalue weighted by molar-refractivity contribution is 5.22. The maximum Gasteiger partial charge on any atom is 0.0506 e. The second-order valence-electron chi connectivity index (χ2n) is 5.54. The van der Waals surface area contributed by atoms with Gasteiger partial charge in [-0.15, -0.1) is 6.58 Å². The highest BCUT2D eigenvalue weighted by Gasteiger charge is 2.34. The van der Waals surface area contributed by atoms with E-state index >= 15 is 0 Å². The van der Waals surface area contributed by atoms with Crippen LogP contribution in [0.5, 0.6) is 0 Å². The first-order valence-corrected chi connectivity index (χ1v) is 7.03. The van der Waals surface area contributed by atoms with Gasteiger partial charge in [-0.25, -0.2) is 0 Å². The van der Waals surface area contributed by atoms with Crippen molar-refractivity contribution in [1.82, 2.24) is 10.2 Å². The van der Waals surface area contributed by atoms with E-state index in [0.717, 1.165) is 5.92 Å². The van der Waals surface area contributed by atoms with Crippen molar-refractivity contribution in [2.45, 2.75) is 24.9 Å². The van der Waals surface area contributed by atoms with Gasteiger partial charge in [0.05, 0.1) is 6.04 Å². The minimum Gasteiger partial charge on any atom is -0.302 e. The van der Waals surface area contributed by atoms with Gasteiger partial charge >= 0.3 is 0 Å². The first kappa shape index (κ1) is 11.9. The molecule has 0 amide bonds. The molecule has 0 radical (unpaired) electrons. The second kappa shape index (κ2) is 5.25. The Morgan fingerprint density at radius 2 is 1.94 bits per heavy atom. The molecule has 1 aromatic carbocycles. The molecular weight excluding hydrogens is 220 g/mol. The van der Waals surface area contributed by atoms with Crippen LogP contribution in [0.25, 0.3) is 0 Å². The van der Waals surface area contributed by atoms with E-state index in [1.165, 1.54) is 38.0 Å². The van der Waals surface area contributed by atoms with Crippen molar-refractivity contribution in [2.75, 3.05) is 19.6 Å². The summed E-state index contributed by atoms with van der Waals surface area (Å²) in [4.78, 5) is 2.59. The van der Waals surface area contributed by atoms with E-state index < -0.39 is 0 Å². The lowest BCUT2D eigenvalue weighted by Gasteiger charge is -2.46. The Bertz CT molecular complexity index is 393. The van der Waals surface area contributed by atoms with Gasteiger partial charge in [-0.3, -0.25) is 0 Å². The molecule has 1 aromatic rings. The fraction of sp³-hybridized carbons (Fsp3) is 0.500. The summed E-state index contributed by atoms with van der Waals surface area (Å²) in [7, 11) is 0. The lowest BCUT2D eigenvalue weighted by molar-refractivity contribution is 0.0696. The Hall–Kier alpha value is -1.12. The Kier molecular flexibility index (Phi) is 3.48. The van der Waals surface area contributed by atoms with E-state index in [2.05, 4.69) is 47.1 Å². The van der Waals surface area contributed by atoms with Crippen molar-refractivity contribution in [2.24, 2.45) is 5.92 Å². The highest BCUT2D eigenvalue weighted by atomic mass is 15.2. The van der Waals surface area contributed by atoms with Crippen molar-refractivity contribution < 1.29 is 0 Å². The molecule has 3 aliphatic rings. The number of hydrogen-bond donors (Lipinski definition) is 1. The van der Waals surface area contributed by atoms with Crippen LogP contribution in [0.1, 0.15) is 24.4 Å². The standard InChI is InChI=1S/C16H22N2/c1-2-15(13-6-4-3-5-7-13)17-16-12-18-10-8-14(16)9-11-18/h2-7,14-17H,1,8-12H2/t15-,16-/m1/s1. The fourth-order valence-electron chi connectivity index (χ4n) is 3.35. The third-order valence-electron chi connectivity index (χ3n) is 4.44. The molecule has 0 spiro atoms. The predicted octanol–water partition coefficient (Wildman–Crippen LogP) is 2.60. The van der Waals surface area contributed by atoms with E-state index in [4.69, 9.17) is 0 Å². The monoisotopic (exact) mass is 242 g/mol. The maximum absolute atomic E-state index is 3.99. The molecule has 3 heterocycles. The van der Waals surface area contributed by atoms with Gasteiger partial charge in [-0.1, -0.05) is 36.4 Å². The molecule has 0 unspecified atom stereocenters. The fourth-order valence-corrected chi connectivity index (χ4v) is 3.35. The quantitative estimate of drug-likeness (QED) is 0.816. The van der Waals surface area contributed by atoms with Crippen molar-refractivity contribution in [3.63, 3.8) is 0 Å². The molecule has 4 rings (SSSR count). The normalized spacial score (nSPS) is 32.1. The van der Waals surface area contributed by atoms with E-state index in [1.54, 1.807) is 0 Å². The summed E-state index contributed by atoms with van der Waals surface area (Å²) in [5.74, 6) is 0.862. The minimum absolute atomic E-state index is 0.289. The maximum atomic E-state index is 3.99. The summed E-state index contributed by atoms with van der Waals surface area (Å²) in [6.07, 6.45) is 4.75. The molecular formula is C16H22N2. The van der Waals surface area contributed by atoms with Crippen LogP contribution in [0, 0.1) is 5.92 Å². The molecule has 2 nitrogen and oxygen atoms in total. The summed E-state index contributed by atoms with van der Waals surface area (Å²) < 4.78 is 0. The van der Waals surface area contributed by atoms with E-state index in [0.29, 0.717) is 6.04 Å². The molecule has 2 atom stereocenters. The van der Waals surface area contributed by atoms with E-state index in [-0.39, 0.29) is 6.04 Å². The second-order valence-corrected chi connectivity index (χ2v) is 5.54. The number of rotatable bonds is 4. The van der Waals surface area contributed by atoms with Crippen molar-refractivity contribution in [1.29, 1.82) is 0 Å². The van der Waals surface area contributed by atoms with Crippen LogP contribution in [0.2, 0.25) is 0 Å². The van der Waals surface area contributed by atoms with Crippen LogP contribution in [0.4, 0.5) is 0 Å². The molecule has 18 heavy (non-hydrogen) atoms. The first-order valence-electron chi connectivity index (χ1n) is 7.03. The third kappa shape index (κ3) is 2.36. The summed E-state index contributed by atoms with van der Waals surface area (Å²) in [5.41, 5.74) is 1.32. The van der Waals surface area contributed by atoms with Gasteiger partial charge in [0, 0.05) is 12.6 Å². The minimum atomic E-state index is 0.289. The number of hydrogen-bond acceptors (Lipinski definition) is 2. The van der Waals surface area contributed by atoms with Crippen molar-refractivity contribution >= 4 is 0 Å². The molecule has 96 valence electrons. The molecule has 3 fully saturated rings. The van der Waals surface area contributed by atoms with Gasteiger partial charge in [0.15, 0.2) is 0 Å². The van der Waals surface area contributed by atoms with Gasteiger partial charge < -0.3 is 10.2 Å². The summed E-state index contributed by atoms with van der Waals surface area (Å²) in [5, 5.41) is 3.79. The Morgan fingerprint density at radius 1 is 1.22 bits per heavy atom. The van der Waals surface area contributed by atoms with Crippen molar-refractivity contribution in [3.8, 4) is 0 Å². The molecule has 2 bridgehead atoms. The molecule has 3 saturated heterocycles. The van der Waals surface area contributed by atoms with Gasteiger partial charge in [-0.2, -0.15) is 0 Å². The van der Waals surface area contributed by atoms with Crippen LogP contribution < -0.4 is 5.32 Å². The smallest absolute Gasteiger partial charge is 0.0506 e. The molecule has 2 heteroatoms. The number of nitrogens with one attached hydrogen (secondary N) is 1. The van der Waals surface area contributed by atoms with Gasteiger partial charge in [0.1, 0.15) is 0 Å². The highest BCUT2D eigenvalue weighted by Crippen LogP contribution is 2.29. The number of nitrogens with zero attached hydrogens (tertiary/aromatic N) is 1. The summed E-state index contributed by atoms with van der Waals surface area (Å²) in [6, 6.07) is 11.6. The summed E-state index contributed by atoms with van der Waals surface area (Å²) >= 11 is 0. The lowest BCUT2D eigenvalue weighted by Crippen LogP contribution is -2.56. The van der Waals surface area contributed by atoms with Crippen LogP contribution >= 0.6 is 0 Å². The average Bonchev–Trinajstić information content (AvgIpc) is 2.47. The van der Waals surface area contributed by atoms with Crippen LogP contribution in [0.15, 0.2) is 43.0 Å². The first-order chi connectivity index (χ1) is 8.86.